The zero-order valence-corrected chi connectivity index (χ0v) is 13.8. The van der Waals surface area contributed by atoms with E-state index < -0.39 is 12.0 Å². The van der Waals surface area contributed by atoms with Crippen LogP contribution in [0.5, 0.6) is 0 Å². The summed E-state index contributed by atoms with van der Waals surface area (Å²) in [4.78, 5) is 0. The number of hydrogen-bond donors (Lipinski definition) is 0. The van der Waals surface area contributed by atoms with Crippen LogP contribution in [0.4, 0.5) is 13.2 Å². The van der Waals surface area contributed by atoms with E-state index in [1.807, 2.05) is 29.7 Å². The second-order valence-electron chi connectivity index (χ2n) is 4.56. The van der Waals surface area contributed by atoms with Crippen molar-refractivity contribution >= 4 is 39.5 Å². The number of thioether (sulfide) groups is 2. The van der Waals surface area contributed by atoms with E-state index in [0.717, 1.165) is 19.7 Å². The first-order valence-electron chi connectivity index (χ1n) is 6.06. The number of halogens is 4. The van der Waals surface area contributed by atoms with E-state index in [-0.39, 0.29) is 10.5 Å². The van der Waals surface area contributed by atoms with Gasteiger partial charge in [0.05, 0.1) is 0 Å². The van der Waals surface area contributed by atoms with Crippen LogP contribution in [-0.4, -0.2) is 14.9 Å². The van der Waals surface area contributed by atoms with E-state index in [2.05, 4.69) is 26.1 Å². The van der Waals surface area contributed by atoms with Crippen LogP contribution in [-0.2, 0) is 6.18 Å². The Bertz CT molecular complexity index is 789. The normalized spacial score (nSPS) is 20.1. The number of nitrogens with zero attached hydrogens (tertiary/aromatic N) is 4. The maximum Gasteiger partial charge on any atom is 0.453 e. The third-order valence-electron chi connectivity index (χ3n) is 3.16. The lowest BCUT2D eigenvalue weighted by atomic mass is 10.2. The van der Waals surface area contributed by atoms with Crippen molar-refractivity contribution < 1.29 is 13.2 Å². The molecular formula is C12H6BrF3N4S2. The van der Waals surface area contributed by atoms with Crippen LogP contribution in [0.25, 0.3) is 0 Å². The zero-order valence-electron chi connectivity index (χ0n) is 10.6. The van der Waals surface area contributed by atoms with Crippen LogP contribution in [0.2, 0.25) is 0 Å². The predicted molar refractivity (Wildman–Crippen MR) is 81.7 cm³/mol. The molecule has 0 amide bonds. The van der Waals surface area contributed by atoms with E-state index in [1.54, 1.807) is 5.01 Å². The predicted octanol–water partition coefficient (Wildman–Crippen LogP) is 4.35. The molecule has 0 saturated heterocycles. The molecule has 1 atom stereocenters. The van der Waals surface area contributed by atoms with Crippen molar-refractivity contribution in [2.75, 3.05) is 5.01 Å². The number of hydrogen-bond acceptors (Lipinski definition) is 5. The van der Waals surface area contributed by atoms with E-state index >= 15 is 0 Å². The van der Waals surface area contributed by atoms with Crippen LogP contribution < -0.4 is 5.01 Å². The highest BCUT2D eigenvalue weighted by atomic mass is 79.9. The largest absolute Gasteiger partial charge is 0.453 e. The number of fused-ring (bicyclic) bond motifs is 3. The molecule has 1 unspecified atom stereocenters. The molecule has 114 valence electrons. The summed E-state index contributed by atoms with van der Waals surface area (Å²) in [6, 6.07) is 7.52. The van der Waals surface area contributed by atoms with Gasteiger partial charge in [-0.25, -0.2) is 4.68 Å². The molecule has 0 saturated carbocycles. The van der Waals surface area contributed by atoms with Gasteiger partial charge >= 0.3 is 6.18 Å². The topological polar surface area (TPSA) is 34.0 Å². The first-order chi connectivity index (χ1) is 10.4. The quantitative estimate of drug-likeness (QED) is 0.703. The van der Waals surface area contributed by atoms with Crippen LogP contribution in [0.3, 0.4) is 0 Å². The van der Waals surface area contributed by atoms with Crippen molar-refractivity contribution in [1.82, 2.24) is 14.9 Å². The Balaban J connectivity index is 1.80. The minimum absolute atomic E-state index is 0.235. The second kappa shape index (κ2) is 4.93. The highest BCUT2D eigenvalue weighted by Crippen LogP contribution is 2.52. The fraction of sp³-hybridized carbons (Fsp3) is 0.167. The van der Waals surface area contributed by atoms with Crippen molar-refractivity contribution in [3.05, 3.63) is 50.6 Å². The van der Waals surface area contributed by atoms with Crippen molar-refractivity contribution in [2.45, 2.75) is 16.7 Å². The fourth-order valence-corrected chi connectivity index (χ4v) is 4.93. The van der Waals surface area contributed by atoms with Gasteiger partial charge in [0.1, 0.15) is 10.4 Å². The molecule has 4 rings (SSSR count). The first kappa shape index (κ1) is 14.5. The summed E-state index contributed by atoms with van der Waals surface area (Å²) in [5.41, 5.74) is 0.904. The maximum absolute atomic E-state index is 13.1. The molecule has 0 N–H and O–H groups in total. The van der Waals surface area contributed by atoms with E-state index in [0.29, 0.717) is 0 Å². The third kappa shape index (κ3) is 2.16. The van der Waals surface area contributed by atoms with Gasteiger partial charge in [0.15, 0.2) is 0 Å². The Morgan fingerprint density at radius 2 is 2.05 bits per heavy atom. The Morgan fingerprint density at radius 1 is 1.23 bits per heavy atom. The van der Waals surface area contributed by atoms with Gasteiger partial charge in [-0.05, 0) is 29.5 Å². The minimum Gasteiger partial charge on any atom is -0.252 e. The first-order valence-corrected chi connectivity index (χ1v) is 8.61. The summed E-state index contributed by atoms with van der Waals surface area (Å²) in [6.07, 6.45) is -4.55. The third-order valence-corrected chi connectivity index (χ3v) is 5.84. The highest BCUT2D eigenvalue weighted by molar-refractivity contribution is 9.10. The standard InChI is InChI=1S/C12H6BrF3N4S2/c13-7-3-1-2-6(4-7)9-19-8(5-21-9)22-11-18-17-10(20(11)19)12(14,15)16/h1-5,9H. The van der Waals surface area contributed by atoms with Crippen LogP contribution in [0.15, 0.2) is 44.3 Å². The van der Waals surface area contributed by atoms with E-state index in [4.69, 9.17) is 0 Å². The van der Waals surface area contributed by atoms with Gasteiger partial charge in [0.2, 0.25) is 5.16 Å². The van der Waals surface area contributed by atoms with Gasteiger partial charge in [0, 0.05) is 9.88 Å². The molecule has 0 aliphatic carbocycles. The summed E-state index contributed by atoms with van der Waals surface area (Å²) >= 11 is 6.04. The Morgan fingerprint density at radius 3 is 2.77 bits per heavy atom. The lowest BCUT2D eigenvalue weighted by Gasteiger charge is -2.26. The van der Waals surface area contributed by atoms with Crippen LogP contribution in [0, 0.1) is 0 Å². The van der Waals surface area contributed by atoms with E-state index in [1.165, 1.54) is 23.5 Å². The summed E-state index contributed by atoms with van der Waals surface area (Å²) in [7, 11) is 0. The molecule has 0 fully saturated rings. The van der Waals surface area contributed by atoms with Crippen molar-refractivity contribution in [2.24, 2.45) is 0 Å². The molecule has 2 aromatic rings. The zero-order chi connectivity index (χ0) is 15.5. The summed E-state index contributed by atoms with van der Waals surface area (Å²) in [5, 5.41) is 11.1. The molecule has 10 heteroatoms. The van der Waals surface area contributed by atoms with E-state index in [9.17, 15) is 13.2 Å². The Hall–Kier alpha value is -1.13. The average molecular weight is 407 g/mol. The molecule has 4 nitrogen and oxygen atoms in total. The lowest BCUT2D eigenvalue weighted by Crippen LogP contribution is -2.33. The van der Waals surface area contributed by atoms with Gasteiger partial charge in [-0.1, -0.05) is 39.8 Å². The van der Waals surface area contributed by atoms with Crippen molar-refractivity contribution in [1.29, 1.82) is 0 Å². The lowest BCUT2D eigenvalue weighted by molar-refractivity contribution is -0.147. The summed E-state index contributed by atoms with van der Waals surface area (Å²) in [6.45, 7) is 0. The molecular weight excluding hydrogens is 401 g/mol. The van der Waals surface area contributed by atoms with Crippen LogP contribution >= 0.6 is 39.5 Å². The van der Waals surface area contributed by atoms with Crippen molar-refractivity contribution in [3.8, 4) is 0 Å². The Labute approximate surface area is 139 Å². The van der Waals surface area contributed by atoms with Gasteiger partial charge in [-0.3, -0.25) is 5.01 Å². The smallest absolute Gasteiger partial charge is 0.252 e. The maximum atomic E-state index is 13.1. The van der Waals surface area contributed by atoms with Gasteiger partial charge in [-0.15, -0.1) is 10.2 Å². The summed E-state index contributed by atoms with van der Waals surface area (Å²) in [5.74, 6) is -0.999. The monoisotopic (exact) mass is 406 g/mol. The molecule has 0 spiro atoms. The molecule has 1 aromatic heterocycles. The number of aromatic nitrogens is 3. The molecule has 0 bridgehead atoms. The highest BCUT2D eigenvalue weighted by Gasteiger charge is 2.46. The summed E-state index contributed by atoms with van der Waals surface area (Å²) < 4.78 is 41.3. The molecule has 22 heavy (non-hydrogen) atoms. The second-order valence-corrected chi connectivity index (χ2v) is 7.42. The van der Waals surface area contributed by atoms with Crippen molar-refractivity contribution in [3.63, 3.8) is 0 Å². The van der Waals surface area contributed by atoms with Crippen LogP contribution in [0.1, 0.15) is 16.8 Å². The molecule has 2 aliphatic rings. The van der Waals surface area contributed by atoms with Gasteiger partial charge in [-0.2, -0.15) is 13.2 Å². The van der Waals surface area contributed by atoms with Gasteiger partial charge < -0.3 is 0 Å². The molecule has 2 aliphatic heterocycles. The molecule has 0 radical (unpaired) electrons. The minimum atomic E-state index is -4.55. The number of rotatable bonds is 1. The number of benzene rings is 1. The fourth-order valence-electron chi connectivity index (χ4n) is 2.30. The van der Waals surface area contributed by atoms with Gasteiger partial charge in [0.25, 0.3) is 5.82 Å². The molecule has 3 heterocycles. The number of alkyl halides is 3. The SMILES string of the molecule is FC(F)(F)c1nnc2n1N1C(=CSC1c1cccc(Br)c1)S2. The Kier molecular flexibility index (Phi) is 3.24. The average Bonchev–Trinajstić information content (AvgIpc) is 3.07. The molecule has 1 aromatic carbocycles.